The van der Waals surface area contributed by atoms with E-state index in [1.54, 1.807) is 0 Å². The van der Waals surface area contributed by atoms with Crippen LogP contribution < -0.4 is 4.90 Å². The van der Waals surface area contributed by atoms with Gasteiger partial charge in [0.15, 0.2) is 0 Å². The molecule has 2 heterocycles. The van der Waals surface area contributed by atoms with Crippen molar-refractivity contribution < 1.29 is 0 Å². The standard InChI is InChI=1S/C16H24N2/c1-11-8-12(2)13(3)16(9-11)18-14(4)17-7-5-6-15(18)10-17/h8-9,14-15H,5-7,10H2,1-4H3. The van der Waals surface area contributed by atoms with Crippen LogP contribution in [0.4, 0.5) is 5.69 Å². The van der Waals surface area contributed by atoms with Crippen molar-refractivity contribution in [2.75, 3.05) is 18.0 Å². The van der Waals surface area contributed by atoms with Gasteiger partial charge in [0, 0.05) is 24.8 Å². The third-order valence-corrected chi connectivity index (χ3v) is 4.81. The molecular weight excluding hydrogens is 220 g/mol. The smallest absolute Gasteiger partial charge is 0.0796 e. The Kier molecular flexibility index (Phi) is 2.86. The molecule has 2 bridgehead atoms. The number of piperidine rings is 1. The lowest BCUT2D eigenvalue weighted by Crippen LogP contribution is -2.37. The van der Waals surface area contributed by atoms with Crippen LogP contribution in [-0.2, 0) is 0 Å². The van der Waals surface area contributed by atoms with E-state index in [9.17, 15) is 0 Å². The summed E-state index contributed by atoms with van der Waals surface area (Å²) in [5, 5.41) is 0. The minimum atomic E-state index is 0.567. The van der Waals surface area contributed by atoms with Gasteiger partial charge in [-0.1, -0.05) is 6.07 Å². The van der Waals surface area contributed by atoms with Gasteiger partial charge in [0.1, 0.15) is 0 Å². The number of anilines is 1. The van der Waals surface area contributed by atoms with Gasteiger partial charge in [-0.05, 0) is 63.3 Å². The highest BCUT2D eigenvalue weighted by Gasteiger charge is 2.39. The maximum Gasteiger partial charge on any atom is 0.0796 e. The predicted octanol–water partition coefficient (Wildman–Crippen LogP) is 3.24. The Morgan fingerprint density at radius 3 is 2.67 bits per heavy atom. The topological polar surface area (TPSA) is 6.48 Å². The van der Waals surface area contributed by atoms with Crippen molar-refractivity contribution in [1.82, 2.24) is 4.90 Å². The lowest BCUT2D eigenvalue weighted by Gasteiger charge is -2.31. The maximum absolute atomic E-state index is 2.67. The first kappa shape index (κ1) is 12.0. The Morgan fingerprint density at radius 1 is 1.17 bits per heavy atom. The maximum atomic E-state index is 2.67. The van der Waals surface area contributed by atoms with E-state index in [1.807, 2.05) is 0 Å². The Morgan fingerprint density at radius 2 is 1.94 bits per heavy atom. The van der Waals surface area contributed by atoms with E-state index in [-0.39, 0.29) is 0 Å². The first-order valence-corrected chi connectivity index (χ1v) is 7.18. The van der Waals surface area contributed by atoms with Crippen LogP contribution in [0.3, 0.4) is 0 Å². The van der Waals surface area contributed by atoms with Crippen molar-refractivity contribution in [1.29, 1.82) is 0 Å². The van der Waals surface area contributed by atoms with E-state index in [0.29, 0.717) is 6.17 Å². The summed E-state index contributed by atoms with van der Waals surface area (Å²) in [4.78, 5) is 5.30. The van der Waals surface area contributed by atoms with Gasteiger partial charge in [0.05, 0.1) is 6.17 Å². The van der Waals surface area contributed by atoms with Crippen molar-refractivity contribution in [3.8, 4) is 0 Å². The predicted molar refractivity (Wildman–Crippen MR) is 77.2 cm³/mol. The van der Waals surface area contributed by atoms with Crippen LogP contribution in [0.2, 0.25) is 0 Å². The summed E-state index contributed by atoms with van der Waals surface area (Å²) in [6.45, 7) is 11.6. The molecule has 0 N–H and O–H groups in total. The van der Waals surface area contributed by atoms with Crippen molar-refractivity contribution in [3.63, 3.8) is 0 Å². The molecule has 0 aromatic heterocycles. The molecule has 0 saturated carbocycles. The number of nitrogens with zero attached hydrogens (tertiary/aromatic N) is 2. The molecule has 2 fully saturated rings. The highest BCUT2D eigenvalue weighted by molar-refractivity contribution is 5.60. The van der Waals surface area contributed by atoms with Crippen LogP contribution in [0.5, 0.6) is 0 Å². The number of aryl methyl sites for hydroxylation is 2. The molecule has 18 heavy (non-hydrogen) atoms. The summed E-state index contributed by atoms with van der Waals surface area (Å²) < 4.78 is 0. The monoisotopic (exact) mass is 244 g/mol. The largest absolute Gasteiger partial charge is 0.352 e. The molecule has 0 radical (unpaired) electrons. The average Bonchev–Trinajstić information content (AvgIpc) is 2.55. The highest BCUT2D eigenvalue weighted by Crippen LogP contribution is 2.36. The molecule has 2 heteroatoms. The molecule has 2 saturated heterocycles. The summed E-state index contributed by atoms with van der Waals surface area (Å²) in [6.07, 6.45) is 3.28. The molecule has 3 rings (SSSR count). The Balaban J connectivity index is 2.04. The van der Waals surface area contributed by atoms with Crippen molar-refractivity contribution in [2.24, 2.45) is 0 Å². The fourth-order valence-electron chi connectivity index (χ4n) is 3.71. The van der Waals surface area contributed by atoms with Gasteiger partial charge in [-0.25, -0.2) is 0 Å². The van der Waals surface area contributed by atoms with Crippen LogP contribution in [0.15, 0.2) is 12.1 Å². The van der Waals surface area contributed by atoms with Crippen LogP contribution in [-0.4, -0.2) is 30.2 Å². The highest BCUT2D eigenvalue weighted by atomic mass is 15.4. The van der Waals surface area contributed by atoms with Gasteiger partial charge in [-0.2, -0.15) is 0 Å². The third-order valence-electron chi connectivity index (χ3n) is 4.81. The zero-order valence-electron chi connectivity index (χ0n) is 12.0. The number of benzene rings is 1. The number of fused-ring (bicyclic) bond motifs is 2. The lowest BCUT2D eigenvalue weighted by molar-refractivity contribution is 0.244. The zero-order valence-corrected chi connectivity index (χ0v) is 12.0. The zero-order chi connectivity index (χ0) is 12.9. The van der Waals surface area contributed by atoms with Crippen molar-refractivity contribution in [2.45, 2.75) is 52.7 Å². The second kappa shape index (κ2) is 4.27. The van der Waals surface area contributed by atoms with Crippen LogP contribution in [0, 0.1) is 20.8 Å². The summed E-state index contributed by atoms with van der Waals surface area (Å²) >= 11 is 0. The number of hydrogen-bond acceptors (Lipinski definition) is 2. The Labute approximate surface area is 111 Å². The fourth-order valence-corrected chi connectivity index (χ4v) is 3.71. The Bertz CT molecular complexity index is 464. The van der Waals surface area contributed by atoms with E-state index in [0.717, 1.165) is 6.04 Å². The first-order valence-electron chi connectivity index (χ1n) is 7.18. The minimum absolute atomic E-state index is 0.567. The number of hydrogen-bond donors (Lipinski definition) is 0. The molecule has 0 amide bonds. The fraction of sp³-hybridized carbons (Fsp3) is 0.625. The second-order valence-electron chi connectivity index (χ2n) is 6.06. The number of rotatable bonds is 1. The van der Waals surface area contributed by atoms with Crippen LogP contribution in [0.1, 0.15) is 36.5 Å². The first-order chi connectivity index (χ1) is 8.58. The van der Waals surface area contributed by atoms with Gasteiger partial charge in [-0.3, -0.25) is 4.90 Å². The lowest BCUT2D eigenvalue weighted by atomic mass is 10.0. The molecule has 3 atom stereocenters. The normalized spacial score (nSPS) is 30.9. The van der Waals surface area contributed by atoms with Gasteiger partial charge in [-0.15, -0.1) is 0 Å². The SMILES string of the molecule is Cc1cc(C)c(C)c(N2C3CCCN(C3)C2C)c1. The molecule has 1 aromatic rings. The average molecular weight is 244 g/mol. The molecule has 0 aliphatic carbocycles. The van der Waals surface area contributed by atoms with Crippen LogP contribution >= 0.6 is 0 Å². The molecule has 2 aliphatic heterocycles. The summed E-state index contributed by atoms with van der Waals surface area (Å²) in [6, 6.07) is 5.40. The van der Waals surface area contributed by atoms with Crippen LogP contribution in [0.25, 0.3) is 0 Å². The summed E-state index contributed by atoms with van der Waals surface area (Å²) in [7, 11) is 0. The summed E-state index contributed by atoms with van der Waals surface area (Å²) in [5.74, 6) is 0. The van der Waals surface area contributed by atoms with E-state index >= 15 is 0 Å². The molecule has 2 aliphatic rings. The molecule has 2 nitrogen and oxygen atoms in total. The molecule has 1 aromatic carbocycles. The minimum Gasteiger partial charge on any atom is -0.352 e. The van der Waals surface area contributed by atoms with Crippen molar-refractivity contribution >= 4 is 5.69 Å². The van der Waals surface area contributed by atoms with E-state index in [1.165, 1.54) is 48.3 Å². The van der Waals surface area contributed by atoms with Gasteiger partial charge in [0.2, 0.25) is 0 Å². The molecule has 98 valence electrons. The molecule has 3 unspecified atom stereocenters. The van der Waals surface area contributed by atoms with Gasteiger partial charge in [0.25, 0.3) is 0 Å². The van der Waals surface area contributed by atoms with Gasteiger partial charge < -0.3 is 4.90 Å². The molecule has 0 spiro atoms. The van der Waals surface area contributed by atoms with Crippen molar-refractivity contribution in [3.05, 3.63) is 28.8 Å². The van der Waals surface area contributed by atoms with Gasteiger partial charge >= 0.3 is 0 Å². The molecular formula is C16H24N2. The Hall–Kier alpha value is -1.02. The summed E-state index contributed by atoms with van der Waals surface area (Å²) in [5.41, 5.74) is 5.74. The van der Waals surface area contributed by atoms with E-state index in [4.69, 9.17) is 0 Å². The van der Waals surface area contributed by atoms with E-state index in [2.05, 4.69) is 49.6 Å². The third kappa shape index (κ3) is 1.74. The quantitative estimate of drug-likeness (QED) is 0.748. The second-order valence-corrected chi connectivity index (χ2v) is 6.06. The van der Waals surface area contributed by atoms with E-state index < -0.39 is 0 Å².